The van der Waals surface area contributed by atoms with E-state index < -0.39 is 0 Å². The van der Waals surface area contributed by atoms with Gasteiger partial charge in [0.1, 0.15) is 5.84 Å². The monoisotopic (exact) mass is 405 g/mol. The van der Waals surface area contributed by atoms with Crippen molar-refractivity contribution in [3.8, 4) is 0 Å². The van der Waals surface area contributed by atoms with E-state index in [9.17, 15) is 4.79 Å². The number of nitrogens with one attached hydrogen (secondary N) is 2. The van der Waals surface area contributed by atoms with Gasteiger partial charge in [-0.1, -0.05) is 30.3 Å². The maximum Gasteiger partial charge on any atom is 0.222 e. The van der Waals surface area contributed by atoms with Crippen LogP contribution in [0, 0.1) is 0 Å². The van der Waals surface area contributed by atoms with Crippen molar-refractivity contribution in [1.82, 2.24) is 9.88 Å². The Morgan fingerprint density at radius 1 is 1.13 bits per heavy atom. The molecule has 3 heterocycles. The Morgan fingerprint density at radius 2 is 1.87 bits per heavy atom. The number of carbonyl (C=O) groups is 1. The Kier molecular flexibility index (Phi) is 5.50. The van der Waals surface area contributed by atoms with Crippen LogP contribution in [0.3, 0.4) is 0 Å². The van der Waals surface area contributed by atoms with Crippen molar-refractivity contribution >= 4 is 23.2 Å². The first-order valence-electron chi connectivity index (χ1n) is 10.8. The molecule has 4 rings (SSSR count). The van der Waals surface area contributed by atoms with Crippen molar-refractivity contribution in [3.05, 3.63) is 54.2 Å². The summed E-state index contributed by atoms with van der Waals surface area (Å²) < 4.78 is 0. The summed E-state index contributed by atoms with van der Waals surface area (Å²) in [5, 5.41) is 7.19. The Bertz CT molecular complexity index is 924. The largest absolute Gasteiger partial charge is 0.370 e. The molecule has 0 unspecified atom stereocenters. The molecule has 1 amide bonds. The number of amides is 1. The molecule has 1 spiro atoms. The van der Waals surface area contributed by atoms with Crippen molar-refractivity contribution in [2.45, 2.75) is 57.5 Å². The molecule has 1 aromatic heterocycles. The number of hydrogen-bond acceptors (Lipinski definition) is 4. The molecule has 0 aliphatic carbocycles. The fourth-order valence-electron chi connectivity index (χ4n) is 4.18. The Hall–Kier alpha value is -2.89. The van der Waals surface area contributed by atoms with Gasteiger partial charge in [-0.3, -0.25) is 9.79 Å². The molecule has 1 aromatic carbocycles. The topological polar surface area (TPSA) is 69.6 Å². The van der Waals surface area contributed by atoms with E-state index in [4.69, 9.17) is 4.99 Å². The van der Waals surface area contributed by atoms with Gasteiger partial charge in [0.2, 0.25) is 5.91 Å². The maximum atomic E-state index is 12.8. The predicted octanol–water partition coefficient (Wildman–Crippen LogP) is 4.11. The van der Waals surface area contributed by atoms with Gasteiger partial charge in [-0.25, -0.2) is 4.98 Å². The van der Waals surface area contributed by atoms with Crippen LogP contribution in [0.25, 0.3) is 0 Å². The van der Waals surface area contributed by atoms with Crippen LogP contribution < -0.4 is 10.6 Å². The van der Waals surface area contributed by atoms with E-state index in [0.717, 1.165) is 49.7 Å². The van der Waals surface area contributed by atoms with Crippen molar-refractivity contribution < 1.29 is 4.79 Å². The zero-order valence-electron chi connectivity index (χ0n) is 18.1. The first kappa shape index (κ1) is 20.4. The third-order valence-electron chi connectivity index (χ3n) is 5.76. The van der Waals surface area contributed by atoms with Crippen LogP contribution in [0.4, 0.5) is 11.5 Å². The van der Waals surface area contributed by atoms with Gasteiger partial charge in [-0.15, -0.1) is 0 Å². The zero-order valence-corrected chi connectivity index (χ0v) is 18.1. The highest BCUT2D eigenvalue weighted by molar-refractivity contribution is 6.09. The fraction of sp³-hybridized carbons (Fsp3) is 0.458. The number of aromatic nitrogens is 1. The summed E-state index contributed by atoms with van der Waals surface area (Å²) in [5.74, 6) is 1.97. The lowest BCUT2D eigenvalue weighted by atomic mass is 9.83. The third kappa shape index (κ3) is 4.48. The molecule has 30 heavy (non-hydrogen) atoms. The molecule has 0 radical (unpaired) electrons. The molecule has 2 aliphatic rings. The molecule has 6 heteroatoms. The van der Waals surface area contributed by atoms with Gasteiger partial charge in [-0.2, -0.15) is 0 Å². The van der Waals surface area contributed by atoms with Gasteiger partial charge in [-0.05, 0) is 57.7 Å². The van der Waals surface area contributed by atoms with Crippen molar-refractivity contribution in [2.24, 2.45) is 4.99 Å². The number of nitrogens with zero attached hydrogens (tertiary/aromatic N) is 3. The number of rotatable bonds is 3. The van der Waals surface area contributed by atoms with Crippen molar-refractivity contribution in [2.75, 3.05) is 23.7 Å². The van der Waals surface area contributed by atoms with Crippen LogP contribution >= 0.6 is 0 Å². The number of aryl methyl sites for hydroxylation is 1. The van der Waals surface area contributed by atoms with Crippen LogP contribution in [0.2, 0.25) is 0 Å². The van der Waals surface area contributed by atoms with E-state index >= 15 is 0 Å². The smallest absolute Gasteiger partial charge is 0.222 e. The quantitative estimate of drug-likeness (QED) is 0.806. The molecule has 158 valence electrons. The molecule has 0 bridgehead atoms. The molecule has 2 aromatic rings. The summed E-state index contributed by atoms with van der Waals surface area (Å²) in [6.07, 6.45) is 4.77. The second kappa shape index (κ2) is 8.09. The molecule has 6 nitrogen and oxygen atoms in total. The normalized spacial score (nSPS) is 19.2. The zero-order chi connectivity index (χ0) is 21.2. The summed E-state index contributed by atoms with van der Waals surface area (Å²) in [6, 6.07) is 14.2. The highest BCUT2D eigenvalue weighted by Gasteiger charge is 2.44. The number of fused-ring (bicyclic) bond motifs is 1. The summed E-state index contributed by atoms with van der Waals surface area (Å²) >= 11 is 0. The van der Waals surface area contributed by atoms with Crippen LogP contribution in [0.5, 0.6) is 0 Å². The van der Waals surface area contributed by atoms with E-state index in [2.05, 4.69) is 48.5 Å². The number of carbonyl (C=O) groups excluding carboxylic acids is 1. The van der Waals surface area contributed by atoms with Gasteiger partial charge < -0.3 is 15.5 Å². The number of anilines is 2. The number of aliphatic imine (C=N–C) groups is 1. The lowest BCUT2D eigenvalue weighted by Crippen LogP contribution is -2.59. The van der Waals surface area contributed by atoms with Crippen molar-refractivity contribution in [1.29, 1.82) is 0 Å². The van der Waals surface area contributed by atoms with E-state index in [1.807, 2.05) is 35.2 Å². The number of benzene rings is 1. The molecule has 0 atom stereocenters. The van der Waals surface area contributed by atoms with E-state index in [0.29, 0.717) is 6.42 Å². The minimum Gasteiger partial charge on any atom is -0.370 e. The average molecular weight is 406 g/mol. The Balaban J connectivity index is 1.47. The minimum atomic E-state index is -0.292. The lowest BCUT2D eigenvalue weighted by Gasteiger charge is -2.46. The van der Waals surface area contributed by atoms with E-state index in [1.54, 1.807) is 6.20 Å². The van der Waals surface area contributed by atoms with Crippen LogP contribution in [0.15, 0.2) is 53.7 Å². The molecular formula is C24H31N5O. The van der Waals surface area contributed by atoms with Gasteiger partial charge in [0.05, 0.1) is 16.8 Å². The molecule has 1 fully saturated rings. The highest BCUT2D eigenvalue weighted by Crippen LogP contribution is 2.36. The lowest BCUT2D eigenvalue weighted by molar-refractivity contribution is -0.132. The third-order valence-corrected chi connectivity index (χ3v) is 5.76. The van der Waals surface area contributed by atoms with E-state index in [1.165, 1.54) is 5.56 Å². The summed E-state index contributed by atoms with van der Waals surface area (Å²) in [6.45, 7) is 7.75. The fourth-order valence-corrected chi connectivity index (χ4v) is 4.18. The van der Waals surface area contributed by atoms with Crippen LogP contribution in [0.1, 0.15) is 45.6 Å². The second-order valence-corrected chi connectivity index (χ2v) is 9.23. The second-order valence-electron chi connectivity index (χ2n) is 9.23. The molecule has 1 saturated heterocycles. The van der Waals surface area contributed by atoms with Crippen LogP contribution in [-0.2, 0) is 11.2 Å². The number of likely N-dealkylation sites (tertiary alicyclic amines) is 1. The van der Waals surface area contributed by atoms with Crippen molar-refractivity contribution in [3.63, 3.8) is 0 Å². The highest BCUT2D eigenvalue weighted by atomic mass is 16.2. The molecule has 2 aliphatic heterocycles. The van der Waals surface area contributed by atoms with Gasteiger partial charge in [0, 0.05) is 25.7 Å². The summed E-state index contributed by atoms with van der Waals surface area (Å²) in [5.41, 5.74) is 1.71. The average Bonchev–Trinajstić information content (AvgIpc) is 2.73. The van der Waals surface area contributed by atoms with Crippen LogP contribution in [-0.4, -0.2) is 45.8 Å². The molecular weight excluding hydrogens is 374 g/mol. The molecule has 2 N–H and O–H groups in total. The standard InChI is InChI=1S/C24H31N5O/c1-23(2,3)28-22-24(27-19-10-7-15-25-21(19)26-22)13-16-29(17-14-24)20(30)12-11-18-8-5-4-6-9-18/h4-10,15,27H,11-14,16-17H2,1-3H3,(H,25,26,28). The SMILES string of the molecule is CC(C)(C)N=C1Nc2ncccc2NC12CCN(C(=O)CCc1ccccc1)CC2. The number of hydrogen-bond donors (Lipinski definition) is 2. The van der Waals surface area contributed by atoms with E-state index in [-0.39, 0.29) is 17.0 Å². The number of amidine groups is 1. The number of piperidine rings is 1. The van der Waals surface area contributed by atoms with Gasteiger partial charge >= 0.3 is 0 Å². The maximum absolute atomic E-state index is 12.8. The summed E-state index contributed by atoms with van der Waals surface area (Å²) in [7, 11) is 0. The predicted molar refractivity (Wildman–Crippen MR) is 122 cm³/mol. The first-order valence-corrected chi connectivity index (χ1v) is 10.8. The molecule has 0 saturated carbocycles. The van der Waals surface area contributed by atoms with Gasteiger partial charge in [0.25, 0.3) is 0 Å². The Morgan fingerprint density at radius 3 is 2.57 bits per heavy atom. The summed E-state index contributed by atoms with van der Waals surface area (Å²) in [4.78, 5) is 24.2. The number of pyridine rings is 1. The Labute approximate surface area is 178 Å². The minimum absolute atomic E-state index is 0.202. The first-order chi connectivity index (χ1) is 14.3. The van der Waals surface area contributed by atoms with Gasteiger partial charge in [0.15, 0.2) is 5.82 Å².